The molecule has 1 aliphatic rings. The van der Waals surface area contributed by atoms with Crippen molar-refractivity contribution in [2.75, 3.05) is 6.54 Å². The highest BCUT2D eigenvalue weighted by Crippen LogP contribution is 2.38. The van der Waals surface area contributed by atoms with Crippen LogP contribution in [0.5, 0.6) is 0 Å². The molecule has 2 aromatic rings. The van der Waals surface area contributed by atoms with Crippen LogP contribution in [-0.4, -0.2) is 43.2 Å². The second-order valence-electron chi connectivity index (χ2n) is 7.21. The zero-order valence-corrected chi connectivity index (χ0v) is 14.3. The first-order valence-electron chi connectivity index (χ1n) is 7.74. The number of hydrogen-bond acceptors (Lipinski definition) is 3. The van der Waals surface area contributed by atoms with Crippen molar-refractivity contribution in [1.82, 2.24) is 19.4 Å². The molecule has 0 aromatic carbocycles. The highest BCUT2D eigenvalue weighted by molar-refractivity contribution is 6.33. The van der Waals surface area contributed by atoms with Gasteiger partial charge in [-0.2, -0.15) is 0 Å². The Bertz CT molecular complexity index is 737. The summed E-state index contributed by atoms with van der Waals surface area (Å²) in [5.74, 6) is 0.246. The smallest absolute Gasteiger partial charge is 0.407 e. The largest absolute Gasteiger partial charge is 0.465 e. The molecule has 0 saturated carbocycles. The molecule has 1 aliphatic heterocycles. The third kappa shape index (κ3) is 2.87. The monoisotopic (exact) mass is 336 g/mol. The van der Waals surface area contributed by atoms with Gasteiger partial charge < -0.3 is 14.6 Å². The Hall–Kier alpha value is -1.82. The molecule has 3 heterocycles. The second kappa shape index (κ2) is 5.67. The van der Waals surface area contributed by atoms with Gasteiger partial charge in [0, 0.05) is 25.3 Å². The average molecular weight is 337 g/mol. The van der Waals surface area contributed by atoms with Crippen LogP contribution in [0.25, 0.3) is 11.0 Å². The minimum atomic E-state index is -0.838. The van der Waals surface area contributed by atoms with Gasteiger partial charge in [0.1, 0.15) is 17.1 Å². The first kappa shape index (κ1) is 16.1. The lowest BCUT2D eigenvalue weighted by molar-refractivity contribution is 0.0879. The predicted octanol–water partition coefficient (Wildman–Crippen LogP) is 3.50. The maximum atomic E-state index is 11.5. The summed E-state index contributed by atoms with van der Waals surface area (Å²) < 4.78 is 2.05. The van der Waals surface area contributed by atoms with Crippen LogP contribution in [0, 0.1) is 11.3 Å². The fourth-order valence-corrected chi connectivity index (χ4v) is 4.00. The summed E-state index contributed by atoms with van der Waals surface area (Å²) in [7, 11) is 0. The molecule has 2 aromatic heterocycles. The Labute approximate surface area is 140 Å². The molecule has 1 fully saturated rings. The molecule has 0 bridgehead atoms. The van der Waals surface area contributed by atoms with Crippen molar-refractivity contribution in [3.63, 3.8) is 0 Å². The van der Waals surface area contributed by atoms with E-state index in [0.717, 1.165) is 24.0 Å². The van der Waals surface area contributed by atoms with Crippen LogP contribution in [0.4, 0.5) is 4.79 Å². The van der Waals surface area contributed by atoms with E-state index in [-0.39, 0.29) is 17.4 Å². The molecular formula is C16H21ClN4O2. The molecule has 7 heteroatoms. The molecule has 0 spiro atoms. The van der Waals surface area contributed by atoms with Gasteiger partial charge in [0.2, 0.25) is 0 Å². The van der Waals surface area contributed by atoms with Crippen LogP contribution in [0.1, 0.15) is 27.2 Å². The number of hydrogen-bond donors (Lipinski definition) is 1. The Morgan fingerprint density at radius 3 is 2.83 bits per heavy atom. The number of fused-ring (bicyclic) bond motifs is 1. The van der Waals surface area contributed by atoms with Gasteiger partial charge in [-0.25, -0.2) is 14.8 Å². The van der Waals surface area contributed by atoms with Gasteiger partial charge in [-0.15, -0.1) is 0 Å². The Kier molecular flexibility index (Phi) is 3.96. The third-order valence-corrected chi connectivity index (χ3v) is 4.90. The van der Waals surface area contributed by atoms with Gasteiger partial charge >= 0.3 is 6.09 Å². The number of nitrogens with zero attached hydrogens (tertiary/aromatic N) is 4. The summed E-state index contributed by atoms with van der Waals surface area (Å²) in [5, 5.41) is 10.8. The number of carboxylic acid groups (broad SMARTS) is 1. The highest BCUT2D eigenvalue weighted by Gasteiger charge is 2.44. The molecule has 1 unspecified atom stereocenters. The summed E-state index contributed by atoms with van der Waals surface area (Å²) >= 11 is 6.10. The van der Waals surface area contributed by atoms with E-state index < -0.39 is 6.09 Å². The van der Waals surface area contributed by atoms with E-state index >= 15 is 0 Å². The quantitative estimate of drug-likeness (QED) is 0.852. The average Bonchev–Trinajstić information content (AvgIpc) is 3.04. The van der Waals surface area contributed by atoms with Gasteiger partial charge in [0.05, 0.1) is 5.39 Å². The van der Waals surface area contributed by atoms with Crippen LogP contribution >= 0.6 is 11.6 Å². The first-order chi connectivity index (χ1) is 10.8. The van der Waals surface area contributed by atoms with E-state index in [1.165, 1.54) is 6.33 Å². The van der Waals surface area contributed by atoms with Crippen molar-refractivity contribution in [1.29, 1.82) is 0 Å². The summed E-state index contributed by atoms with van der Waals surface area (Å²) in [6.45, 7) is 7.59. The maximum Gasteiger partial charge on any atom is 0.407 e. The first-order valence-corrected chi connectivity index (χ1v) is 8.11. The summed E-state index contributed by atoms with van der Waals surface area (Å²) in [4.78, 5) is 21.4. The predicted molar refractivity (Wildman–Crippen MR) is 88.6 cm³/mol. The van der Waals surface area contributed by atoms with Gasteiger partial charge in [-0.3, -0.25) is 0 Å². The zero-order chi connectivity index (χ0) is 16.8. The molecule has 0 aliphatic carbocycles. The van der Waals surface area contributed by atoms with Gasteiger partial charge in [-0.1, -0.05) is 32.4 Å². The highest BCUT2D eigenvalue weighted by atomic mass is 35.5. The summed E-state index contributed by atoms with van der Waals surface area (Å²) in [5.41, 5.74) is 0.682. The third-order valence-electron chi connectivity index (χ3n) is 4.59. The molecule has 3 rings (SSSR count). The van der Waals surface area contributed by atoms with Crippen molar-refractivity contribution in [3.05, 3.63) is 23.7 Å². The van der Waals surface area contributed by atoms with E-state index in [1.807, 2.05) is 12.3 Å². The van der Waals surface area contributed by atoms with Crippen molar-refractivity contribution in [2.45, 2.75) is 39.8 Å². The van der Waals surface area contributed by atoms with Gasteiger partial charge in [0.15, 0.2) is 0 Å². The van der Waals surface area contributed by atoms with Crippen LogP contribution in [-0.2, 0) is 6.54 Å². The number of carbonyl (C=O) groups is 1. The van der Waals surface area contributed by atoms with E-state index in [2.05, 4.69) is 35.3 Å². The van der Waals surface area contributed by atoms with Crippen molar-refractivity contribution >= 4 is 28.7 Å². The lowest BCUT2D eigenvalue weighted by Gasteiger charge is -2.37. The number of amides is 1. The maximum absolute atomic E-state index is 11.5. The second-order valence-corrected chi connectivity index (χ2v) is 7.56. The van der Waals surface area contributed by atoms with Crippen molar-refractivity contribution in [3.8, 4) is 0 Å². The number of likely N-dealkylation sites (tertiary alicyclic amines) is 1. The Morgan fingerprint density at radius 2 is 2.17 bits per heavy atom. The molecule has 23 heavy (non-hydrogen) atoms. The SMILES string of the molecule is CC(C)(C)C1[C@@H](Cn2ccc3c(Cl)ncnc32)CCN1C(=O)O. The topological polar surface area (TPSA) is 71.2 Å². The molecule has 124 valence electrons. The zero-order valence-electron chi connectivity index (χ0n) is 13.5. The summed E-state index contributed by atoms with van der Waals surface area (Å²) in [6.07, 6.45) is 3.43. The van der Waals surface area contributed by atoms with Gasteiger partial charge in [0.25, 0.3) is 0 Å². The van der Waals surface area contributed by atoms with Crippen LogP contribution in [0.2, 0.25) is 5.15 Å². The lowest BCUT2D eigenvalue weighted by atomic mass is 9.79. The van der Waals surface area contributed by atoms with Crippen molar-refractivity contribution in [2.24, 2.45) is 11.3 Å². The van der Waals surface area contributed by atoms with Gasteiger partial charge in [-0.05, 0) is 23.8 Å². The standard InChI is InChI=1S/C16H21ClN4O2/c1-16(2,3)12-10(4-7-21(12)15(22)23)8-20-6-5-11-13(17)18-9-19-14(11)20/h5-6,9-10,12H,4,7-8H2,1-3H3,(H,22,23)/t10-,12?/m1/s1. The molecule has 0 radical (unpaired) electrons. The summed E-state index contributed by atoms with van der Waals surface area (Å²) in [6, 6.07) is 1.89. The molecule has 2 atom stereocenters. The molecular weight excluding hydrogens is 316 g/mol. The molecule has 1 N–H and O–H groups in total. The van der Waals surface area contributed by atoms with E-state index in [0.29, 0.717) is 11.7 Å². The molecule has 1 amide bonds. The minimum absolute atomic E-state index is 0.0187. The molecule has 6 nitrogen and oxygen atoms in total. The number of halogens is 1. The molecule has 1 saturated heterocycles. The fraction of sp³-hybridized carbons (Fsp3) is 0.562. The van der Waals surface area contributed by atoms with Crippen molar-refractivity contribution < 1.29 is 9.90 Å². The van der Waals surface area contributed by atoms with Crippen LogP contribution < -0.4 is 0 Å². The Balaban J connectivity index is 1.91. The van der Waals surface area contributed by atoms with E-state index in [9.17, 15) is 9.90 Å². The fourth-order valence-electron chi connectivity index (χ4n) is 3.81. The van der Waals surface area contributed by atoms with Crippen LogP contribution in [0.15, 0.2) is 18.6 Å². The van der Waals surface area contributed by atoms with E-state index in [1.54, 1.807) is 4.90 Å². The lowest BCUT2D eigenvalue weighted by Crippen LogP contribution is -2.46. The van der Waals surface area contributed by atoms with Crippen LogP contribution in [0.3, 0.4) is 0 Å². The number of rotatable bonds is 2. The minimum Gasteiger partial charge on any atom is -0.465 e. The number of aromatic nitrogens is 3. The Morgan fingerprint density at radius 1 is 1.43 bits per heavy atom. The van der Waals surface area contributed by atoms with E-state index in [4.69, 9.17) is 11.6 Å². The normalized spacial score (nSPS) is 22.0.